The summed E-state index contributed by atoms with van der Waals surface area (Å²) in [6.45, 7) is 7.64. The molecule has 0 bridgehead atoms. The van der Waals surface area contributed by atoms with Gasteiger partial charge in [0.15, 0.2) is 5.82 Å². The summed E-state index contributed by atoms with van der Waals surface area (Å²) in [5, 5.41) is 8.86. The maximum Gasteiger partial charge on any atom is 0.151 e. The van der Waals surface area contributed by atoms with Crippen LogP contribution in [0.5, 0.6) is 0 Å². The molecular formula is C20H22N6. The molecule has 0 saturated carbocycles. The third-order valence-electron chi connectivity index (χ3n) is 4.69. The molecule has 6 heteroatoms. The molecule has 1 aliphatic heterocycles. The number of aryl methyl sites for hydroxylation is 2. The van der Waals surface area contributed by atoms with Crippen LogP contribution < -0.4 is 9.80 Å². The van der Waals surface area contributed by atoms with Gasteiger partial charge >= 0.3 is 0 Å². The summed E-state index contributed by atoms with van der Waals surface area (Å²) in [5.41, 5.74) is 3.25. The van der Waals surface area contributed by atoms with Crippen LogP contribution in [-0.2, 0) is 0 Å². The summed E-state index contributed by atoms with van der Waals surface area (Å²) in [6.07, 6.45) is 1.82. The number of hydrogen-bond acceptors (Lipinski definition) is 6. The van der Waals surface area contributed by atoms with Crippen molar-refractivity contribution in [2.75, 3.05) is 36.0 Å². The van der Waals surface area contributed by atoms with E-state index >= 15 is 0 Å². The summed E-state index contributed by atoms with van der Waals surface area (Å²) in [6, 6.07) is 14.4. The molecule has 1 aromatic carbocycles. The molecule has 3 heterocycles. The molecule has 0 aliphatic carbocycles. The predicted octanol–water partition coefficient (Wildman–Crippen LogP) is 2.88. The second-order valence-electron chi connectivity index (χ2n) is 6.58. The Balaban J connectivity index is 1.42. The maximum atomic E-state index is 4.51. The number of nitrogens with zero attached hydrogens (tertiary/aromatic N) is 6. The van der Waals surface area contributed by atoms with Gasteiger partial charge in [0.05, 0.1) is 5.69 Å². The highest BCUT2D eigenvalue weighted by atomic mass is 15.3. The van der Waals surface area contributed by atoms with Crippen LogP contribution in [0.25, 0.3) is 11.3 Å². The number of aromatic nitrogens is 4. The third kappa shape index (κ3) is 3.49. The third-order valence-corrected chi connectivity index (χ3v) is 4.69. The van der Waals surface area contributed by atoms with Gasteiger partial charge in [-0.2, -0.15) is 0 Å². The van der Waals surface area contributed by atoms with E-state index in [1.807, 2.05) is 25.3 Å². The first kappa shape index (κ1) is 16.4. The highest BCUT2D eigenvalue weighted by Gasteiger charge is 2.19. The van der Waals surface area contributed by atoms with Gasteiger partial charge in [-0.1, -0.05) is 29.8 Å². The van der Waals surface area contributed by atoms with E-state index in [4.69, 9.17) is 0 Å². The van der Waals surface area contributed by atoms with E-state index in [0.29, 0.717) is 0 Å². The Morgan fingerprint density at radius 2 is 1.42 bits per heavy atom. The summed E-state index contributed by atoms with van der Waals surface area (Å²) < 4.78 is 0. The highest BCUT2D eigenvalue weighted by Crippen LogP contribution is 2.21. The zero-order chi connectivity index (χ0) is 17.9. The fourth-order valence-corrected chi connectivity index (χ4v) is 3.16. The fraction of sp³-hybridized carbons (Fsp3) is 0.300. The minimum Gasteiger partial charge on any atom is -0.353 e. The maximum absolute atomic E-state index is 4.51. The molecule has 1 aliphatic rings. The molecule has 1 fully saturated rings. The Morgan fingerprint density at radius 3 is 2.04 bits per heavy atom. The van der Waals surface area contributed by atoms with Crippen molar-refractivity contribution < 1.29 is 0 Å². The summed E-state index contributed by atoms with van der Waals surface area (Å²) >= 11 is 0. The van der Waals surface area contributed by atoms with Gasteiger partial charge in [0.1, 0.15) is 11.6 Å². The van der Waals surface area contributed by atoms with Crippen LogP contribution in [0.1, 0.15) is 11.4 Å². The van der Waals surface area contributed by atoms with Gasteiger partial charge in [0, 0.05) is 37.9 Å². The van der Waals surface area contributed by atoms with E-state index in [0.717, 1.165) is 54.9 Å². The van der Waals surface area contributed by atoms with Crippen LogP contribution in [0.15, 0.2) is 48.7 Å². The van der Waals surface area contributed by atoms with Gasteiger partial charge in [-0.05, 0) is 32.0 Å². The standard InChI is InChI=1S/C20H22N6/c1-15-3-5-17(6-4-15)18-7-8-20(24-23-18)26-13-11-25(12-14-26)19-9-10-21-16(2)22-19/h3-10H,11-14H2,1-2H3. The lowest BCUT2D eigenvalue weighted by Gasteiger charge is -2.35. The van der Waals surface area contributed by atoms with E-state index in [-0.39, 0.29) is 0 Å². The van der Waals surface area contributed by atoms with Crippen molar-refractivity contribution in [3.05, 3.63) is 60.0 Å². The Hall–Kier alpha value is -3.02. The quantitative estimate of drug-likeness (QED) is 0.727. The highest BCUT2D eigenvalue weighted by molar-refractivity contribution is 5.60. The Labute approximate surface area is 153 Å². The molecule has 1 saturated heterocycles. The van der Waals surface area contributed by atoms with E-state index in [9.17, 15) is 0 Å². The van der Waals surface area contributed by atoms with E-state index < -0.39 is 0 Å². The van der Waals surface area contributed by atoms with Crippen molar-refractivity contribution in [1.29, 1.82) is 0 Å². The van der Waals surface area contributed by atoms with Gasteiger partial charge in [-0.3, -0.25) is 0 Å². The number of benzene rings is 1. The molecule has 2 aromatic heterocycles. The lowest BCUT2D eigenvalue weighted by Crippen LogP contribution is -2.47. The van der Waals surface area contributed by atoms with Crippen LogP contribution in [0.2, 0.25) is 0 Å². The molecule has 0 spiro atoms. The van der Waals surface area contributed by atoms with Gasteiger partial charge in [-0.15, -0.1) is 10.2 Å². The smallest absolute Gasteiger partial charge is 0.151 e. The largest absolute Gasteiger partial charge is 0.353 e. The molecule has 132 valence electrons. The van der Waals surface area contributed by atoms with Crippen LogP contribution in [0.4, 0.5) is 11.6 Å². The number of anilines is 2. The molecule has 26 heavy (non-hydrogen) atoms. The van der Waals surface area contributed by atoms with Crippen LogP contribution in [0.3, 0.4) is 0 Å². The first-order chi connectivity index (χ1) is 12.7. The van der Waals surface area contributed by atoms with Gasteiger partial charge in [0.25, 0.3) is 0 Å². The second kappa shape index (κ2) is 7.07. The normalized spacial score (nSPS) is 14.5. The van der Waals surface area contributed by atoms with Gasteiger partial charge in [-0.25, -0.2) is 9.97 Å². The van der Waals surface area contributed by atoms with Crippen molar-refractivity contribution in [3.63, 3.8) is 0 Å². The van der Waals surface area contributed by atoms with Crippen molar-refractivity contribution in [1.82, 2.24) is 20.2 Å². The van der Waals surface area contributed by atoms with Gasteiger partial charge in [0.2, 0.25) is 0 Å². The van der Waals surface area contributed by atoms with Gasteiger partial charge < -0.3 is 9.80 Å². The van der Waals surface area contributed by atoms with E-state index in [2.05, 4.69) is 67.2 Å². The lowest BCUT2D eigenvalue weighted by atomic mass is 10.1. The predicted molar refractivity (Wildman–Crippen MR) is 103 cm³/mol. The topological polar surface area (TPSA) is 58.0 Å². The van der Waals surface area contributed by atoms with Crippen molar-refractivity contribution in [2.45, 2.75) is 13.8 Å². The van der Waals surface area contributed by atoms with E-state index in [1.165, 1.54) is 5.56 Å². The van der Waals surface area contributed by atoms with Crippen molar-refractivity contribution in [3.8, 4) is 11.3 Å². The molecule has 6 nitrogen and oxygen atoms in total. The molecule has 0 radical (unpaired) electrons. The summed E-state index contributed by atoms with van der Waals surface area (Å²) in [5.74, 6) is 2.74. The zero-order valence-corrected chi connectivity index (χ0v) is 15.1. The molecule has 0 unspecified atom stereocenters. The first-order valence-corrected chi connectivity index (χ1v) is 8.89. The zero-order valence-electron chi connectivity index (χ0n) is 15.1. The van der Waals surface area contributed by atoms with Crippen LogP contribution in [0, 0.1) is 13.8 Å². The number of hydrogen-bond donors (Lipinski definition) is 0. The van der Waals surface area contributed by atoms with Crippen molar-refractivity contribution >= 4 is 11.6 Å². The minimum absolute atomic E-state index is 0.808. The number of piperazine rings is 1. The molecule has 0 amide bonds. The summed E-state index contributed by atoms with van der Waals surface area (Å²) in [4.78, 5) is 13.2. The SMILES string of the molecule is Cc1ccc(-c2ccc(N3CCN(c4ccnc(C)n4)CC3)nn2)cc1. The average molecular weight is 346 g/mol. The second-order valence-corrected chi connectivity index (χ2v) is 6.58. The van der Waals surface area contributed by atoms with Crippen molar-refractivity contribution in [2.24, 2.45) is 0 Å². The Morgan fingerprint density at radius 1 is 0.731 bits per heavy atom. The van der Waals surface area contributed by atoms with Crippen LogP contribution >= 0.6 is 0 Å². The molecular weight excluding hydrogens is 324 g/mol. The Bertz CT molecular complexity index is 868. The monoisotopic (exact) mass is 346 g/mol. The lowest BCUT2D eigenvalue weighted by molar-refractivity contribution is 0.637. The fourth-order valence-electron chi connectivity index (χ4n) is 3.16. The summed E-state index contributed by atoms with van der Waals surface area (Å²) in [7, 11) is 0. The average Bonchev–Trinajstić information content (AvgIpc) is 2.69. The Kier molecular flexibility index (Phi) is 4.48. The molecule has 4 rings (SSSR count). The minimum atomic E-state index is 0.808. The molecule has 3 aromatic rings. The molecule has 0 N–H and O–H groups in total. The van der Waals surface area contributed by atoms with E-state index in [1.54, 1.807) is 0 Å². The van der Waals surface area contributed by atoms with Crippen LogP contribution in [-0.4, -0.2) is 46.3 Å². The molecule has 0 atom stereocenters. The first-order valence-electron chi connectivity index (χ1n) is 8.89. The number of rotatable bonds is 3.